The van der Waals surface area contributed by atoms with E-state index >= 15 is 0 Å². The maximum Gasteiger partial charge on any atom is 0.155 e. The van der Waals surface area contributed by atoms with Gasteiger partial charge in [-0.05, 0) is 13.8 Å². The topological polar surface area (TPSA) is 42.4 Å². The number of carbonyl (C=O) groups excluding carboxylic acids is 1. The fourth-order valence-corrected chi connectivity index (χ4v) is 2.18. The van der Waals surface area contributed by atoms with E-state index in [0.29, 0.717) is 25.1 Å². The molecule has 2 rings (SSSR count). The molecule has 0 bridgehead atoms. The molecule has 1 aliphatic rings. The summed E-state index contributed by atoms with van der Waals surface area (Å²) in [6.45, 7) is 5.18. The van der Waals surface area contributed by atoms with Gasteiger partial charge in [-0.2, -0.15) is 0 Å². The maximum atomic E-state index is 13.4. The average Bonchev–Trinajstić information content (AvgIpc) is 2.27. The lowest BCUT2D eigenvalue weighted by molar-refractivity contribution is -0.00529. The molecule has 0 amide bonds. The highest BCUT2D eigenvalue weighted by molar-refractivity contribution is 5.84. The molecule has 5 heteroatoms. The van der Waals surface area contributed by atoms with E-state index in [1.165, 1.54) is 6.20 Å². The standard InChI is InChI=1S/C12H15FN2O2/c1-8-5-15(6-9(2)17-8)12-4-14-3-11(13)10(12)7-16/h3-4,7-9H,5-6H2,1-2H3. The number of hydrogen-bond donors (Lipinski definition) is 0. The Bertz CT molecular complexity index is 415. The summed E-state index contributed by atoms with van der Waals surface area (Å²) in [5, 5.41) is 0. The minimum Gasteiger partial charge on any atom is -0.372 e. The molecule has 1 aromatic heterocycles. The van der Waals surface area contributed by atoms with Crippen molar-refractivity contribution in [2.75, 3.05) is 18.0 Å². The highest BCUT2D eigenvalue weighted by Crippen LogP contribution is 2.24. The second-order valence-corrected chi connectivity index (χ2v) is 4.33. The number of pyridine rings is 1. The van der Waals surface area contributed by atoms with Gasteiger partial charge in [0.05, 0.1) is 35.9 Å². The maximum absolute atomic E-state index is 13.4. The van der Waals surface area contributed by atoms with Crippen molar-refractivity contribution in [1.29, 1.82) is 0 Å². The zero-order valence-corrected chi connectivity index (χ0v) is 9.89. The first-order valence-corrected chi connectivity index (χ1v) is 5.61. The van der Waals surface area contributed by atoms with Crippen molar-refractivity contribution >= 4 is 12.0 Å². The van der Waals surface area contributed by atoms with E-state index in [-0.39, 0.29) is 17.8 Å². The second kappa shape index (κ2) is 4.79. The minimum atomic E-state index is -0.579. The molecule has 4 nitrogen and oxygen atoms in total. The summed E-state index contributed by atoms with van der Waals surface area (Å²) >= 11 is 0. The van der Waals surface area contributed by atoms with Crippen LogP contribution in [0, 0.1) is 5.82 Å². The van der Waals surface area contributed by atoms with Crippen molar-refractivity contribution in [3.05, 3.63) is 23.8 Å². The summed E-state index contributed by atoms with van der Waals surface area (Å²) in [7, 11) is 0. The molecule has 1 fully saturated rings. The Labute approximate surface area is 99.4 Å². The van der Waals surface area contributed by atoms with Gasteiger partial charge in [-0.25, -0.2) is 4.39 Å². The predicted octanol–water partition coefficient (Wildman–Crippen LogP) is 1.65. The van der Waals surface area contributed by atoms with E-state index in [2.05, 4.69) is 4.98 Å². The summed E-state index contributed by atoms with van der Waals surface area (Å²) in [5.41, 5.74) is 0.614. The molecule has 2 heterocycles. The molecule has 2 unspecified atom stereocenters. The van der Waals surface area contributed by atoms with Gasteiger partial charge < -0.3 is 9.64 Å². The van der Waals surface area contributed by atoms with E-state index in [1.807, 2.05) is 18.7 Å². The summed E-state index contributed by atoms with van der Waals surface area (Å²) < 4.78 is 19.0. The van der Waals surface area contributed by atoms with Crippen molar-refractivity contribution < 1.29 is 13.9 Å². The molecule has 1 aliphatic heterocycles. The normalized spacial score (nSPS) is 24.8. The second-order valence-electron chi connectivity index (χ2n) is 4.33. The smallest absolute Gasteiger partial charge is 0.155 e. The lowest BCUT2D eigenvalue weighted by Crippen LogP contribution is -2.46. The SMILES string of the molecule is CC1CN(c2cncc(F)c2C=O)CC(C)O1. The Morgan fingerprint density at radius 2 is 2.06 bits per heavy atom. The van der Waals surface area contributed by atoms with E-state index in [4.69, 9.17) is 4.74 Å². The molecule has 17 heavy (non-hydrogen) atoms. The number of rotatable bonds is 2. The first-order chi connectivity index (χ1) is 8.11. The van der Waals surface area contributed by atoms with Crippen molar-refractivity contribution in [2.24, 2.45) is 0 Å². The van der Waals surface area contributed by atoms with E-state index in [1.54, 1.807) is 0 Å². The van der Waals surface area contributed by atoms with Crippen molar-refractivity contribution in [2.45, 2.75) is 26.1 Å². The highest BCUT2D eigenvalue weighted by Gasteiger charge is 2.25. The van der Waals surface area contributed by atoms with Crippen LogP contribution in [0.2, 0.25) is 0 Å². The zero-order valence-electron chi connectivity index (χ0n) is 9.89. The number of nitrogens with zero attached hydrogens (tertiary/aromatic N) is 2. The lowest BCUT2D eigenvalue weighted by atomic mass is 10.1. The number of aromatic nitrogens is 1. The minimum absolute atomic E-state index is 0.0570. The van der Waals surface area contributed by atoms with Crippen LogP contribution in [-0.4, -0.2) is 36.6 Å². The van der Waals surface area contributed by atoms with Gasteiger partial charge in [0, 0.05) is 13.1 Å². The fourth-order valence-electron chi connectivity index (χ4n) is 2.18. The molecular formula is C12H15FN2O2. The van der Waals surface area contributed by atoms with Crippen LogP contribution in [-0.2, 0) is 4.74 Å². The molecule has 1 saturated heterocycles. The van der Waals surface area contributed by atoms with Crippen molar-refractivity contribution in [1.82, 2.24) is 4.98 Å². The quantitative estimate of drug-likeness (QED) is 0.735. The third-order valence-electron chi connectivity index (χ3n) is 2.80. The van der Waals surface area contributed by atoms with Gasteiger partial charge in [0.2, 0.25) is 0 Å². The van der Waals surface area contributed by atoms with Gasteiger partial charge in [0.25, 0.3) is 0 Å². The first-order valence-electron chi connectivity index (χ1n) is 5.61. The zero-order chi connectivity index (χ0) is 12.4. The molecule has 2 atom stereocenters. The van der Waals surface area contributed by atoms with Crippen LogP contribution in [0.25, 0.3) is 0 Å². The first kappa shape index (κ1) is 12.0. The van der Waals surface area contributed by atoms with Crippen molar-refractivity contribution in [3.63, 3.8) is 0 Å². The Kier molecular flexibility index (Phi) is 3.38. The average molecular weight is 238 g/mol. The number of ether oxygens (including phenoxy) is 1. The monoisotopic (exact) mass is 238 g/mol. The van der Waals surface area contributed by atoms with Gasteiger partial charge in [-0.15, -0.1) is 0 Å². The Morgan fingerprint density at radius 1 is 1.41 bits per heavy atom. The molecular weight excluding hydrogens is 223 g/mol. The third kappa shape index (κ3) is 2.44. The van der Waals surface area contributed by atoms with Crippen LogP contribution in [0.3, 0.4) is 0 Å². The van der Waals surface area contributed by atoms with Crippen molar-refractivity contribution in [3.8, 4) is 0 Å². The number of halogens is 1. The molecule has 0 radical (unpaired) electrons. The molecule has 0 N–H and O–H groups in total. The van der Waals surface area contributed by atoms with E-state index < -0.39 is 5.82 Å². The largest absolute Gasteiger partial charge is 0.372 e. The number of hydrogen-bond acceptors (Lipinski definition) is 4. The van der Waals surface area contributed by atoms with Gasteiger partial charge in [-0.1, -0.05) is 0 Å². The number of anilines is 1. The van der Waals surface area contributed by atoms with Crippen LogP contribution in [0.15, 0.2) is 12.4 Å². The Balaban J connectivity index is 2.33. The van der Waals surface area contributed by atoms with Gasteiger partial charge in [0.1, 0.15) is 0 Å². The molecule has 1 aromatic rings. The molecule has 0 saturated carbocycles. The highest BCUT2D eigenvalue weighted by atomic mass is 19.1. The van der Waals surface area contributed by atoms with Crippen LogP contribution < -0.4 is 4.90 Å². The van der Waals surface area contributed by atoms with Crippen LogP contribution >= 0.6 is 0 Å². The molecule has 0 aliphatic carbocycles. The molecule has 0 spiro atoms. The van der Waals surface area contributed by atoms with E-state index in [9.17, 15) is 9.18 Å². The summed E-state index contributed by atoms with van der Waals surface area (Å²) in [6.07, 6.45) is 3.23. The molecule has 0 aromatic carbocycles. The third-order valence-corrected chi connectivity index (χ3v) is 2.80. The number of morpholine rings is 1. The van der Waals surface area contributed by atoms with Crippen LogP contribution in [0.1, 0.15) is 24.2 Å². The lowest BCUT2D eigenvalue weighted by Gasteiger charge is -2.37. The summed E-state index contributed by atoms with van der Waals surface area (Å²) in [6, 6.07) is 0. The number of carbonyl (C=O) groups is 1. The van der Waals surface area contributed by atoms with Gasteiger partial charge in [0.15, 0.2) is 12.1 Å². The Morgan fingerprint density at radius 3 is 2.65 bits per heavy atom. The summed E-state index contributed by atoms with van der Waals surface area (Å²) in [4.78, 5) is 16.7. The van der Waals surface area contributed by atoms with Crippen LogP contribution in [0.5, 0.6) is 0 Å². The predicted molar refractivity (Wildman–Crippen MR) is 61.8 cm³/mol. The fraction of sp³-hybridized carbons (Fsp3) is 0.500. The summed E-state index contributed by atoms with van der Waals surface area (Å²) in [5.74, 6) is -0.579. The Hall–Kier alpha value is -1.49. The van der Waals surface area contributed by atoms with E-state index in [0.717, 1.165) is 6.20 Å². The van der Waals surface area contributed by atoms with Crippen LogP contribution in [0.4, 0.5) is 10.1 Å². The van der Waals surface area contributed by atoms with Gasteiger partial charge >= 0.3 is 0 Å². The molecule has 92 valence electrons. The van der Waals surface area contributed by atoms with Gasteiger partial charge in [-0.3, -0.25) is 9.78 Å². The number of aldehydes is 1.